The molecule has 1 fully saturated rings. The number of hydrogen-bond acceptors (Lipinski definition) is 4. The SMILES string of the molecule is CN(CCOc1ccc(Cl)cc1)C(=O)C1(N)CCOCC1.Cl. The van der Waals surface area contributed by atoms with Crippen LogP contribution in [-0.2, 0) is 9.53 Å². The van der Waals surface area contributed by atoms with Gasteiger partial charge < -0.3 is 20.1 Å². The Labute approximate surface area is 142 Å². The number of halogens is 2. The minimum Gasteiger partial charge on any atom is -0.492 e. The van der Waals surface area contributed by atoms with E-state index in [9.17, 15) is 4.79 Å². The molecule has 1 aromatic rings. The molecule has 0 atom stereocenters. The summed E-state index contributed by atoms with van der Waals surface area (Å²) in [6, 6.07) is 7.13. The summed E-state index contributed by atoms with van der Waals surface area (Å²) in [6.45, 7) is 1.98. The van der Waals surface area contributed by atoms with E-state index in [0.29, 0.717) is 44.2 Å². The molecule has 1 aliphatic heterocycles. The summed E-state index contributed by atoms with van der Waals surface area (Å²) in [5.74, 6) is 0.680. The second-order valence-corrected chi connectivity index (χ2v) is 5.73. The minimum absolute atomic E-state index is 0. The zero-order valence-electron chi connectivity index (χ0n) is 12.6. The van der Waals surface area contributed by atoms with E-state index < -0.39 is 5.54 Å². The Bertz CT molecular complexity index is 476. The number of carbonyl (C=O) groups excluding carboxylic acids is 1. The van der Waals surface area contributed by atoms with Gasteiger partial charge in [-0.2, -0.15) is 0 Å². The smallest absolute Gasteiger partial charge is 0.242 e. The zero-order valence-corrected chi connectivity index (χ0v) is 14.2. The average Bonchev–Trinajstić information content (AvgIpc) is 2.49. The average molecular weight is 349 g/mol. The van der Waals surface area contributed by atoms with E-state index in [1.165, 1.54) is 0 Å². The van der Waals surface area contributed by atoms with Crippen LogP contribution in [0.15, 0.2) is 24.3 Å². The summed E-state index contributed by atoms with van der Waals surface area (Å²) in [5, 5.41) is 0.666. The first-order valence-corrected chi connectivity index (χ1v) is 7.40. The maximum atomic E-state index is 12.4. The molecule has 5 nitrogen and oxygen atoms in total. The van der Waals surface area contributed by atoms with Crippen molar-refractivity contribution in [3.05, 3.63) is 29.3 Å². The number of ether oxygens (including phenoxy) is 2. The quantitative estimate of drug-likeness (QED) is 0.884. The Morgan fingerprint density at radius 3 is 2.55 bits per heavy atom. The second kappa shape index (κ2) is 8.58. The lowest BCUT2D eigenvalue weighted by molar-refractivity contribution is -0.139. The molecule has 0 bridgehead atoms. The molecular weight excluding hydrogens is 327 g/mol. The highest BCUT2D eigenvalue weighted by Crippen LogP contribution is 2.20. The van der Waals surface area contributed by atoms with Gasteiger partial charge in [0.2, 0.25) is 5.91 Å². The maximum absolute atomic E-state index is 12.4. The molecule has 0 unspecified atom stereocenters. The van der Waals surface area contributed by atoms with Crippen molar-refractivity contribution in [3.63, 3.8) is 0 Å². The molecule has 1 heterocycles. The molecule has 1 saturated heterocycles. The summed E-state index contributed by atoms with van der Waals surface area (Å²) < 4.78 is 10.8. The van der Waals surface area contributed by atoms with E-state index in [2.05, 4.69) is 0 Å². The summed E-state index contributed by atoms with van der Waals surface area (Å²) in [5.41, 5.74) is 5.38. The fourth-order valence-electron chi connectivity index (χ4n) is 2.26. The van der Waals surface area contributed by atoms with E-state index in [1.807, 2.05) is 0 Å². The van der Waals surface area contributed by atoms with E-state index >= 15 is 0 Å². The molecule has 22 heavy (non-hydrogen) atoms. The van der Waals surface area contributed by atoms with Crippen LogP contribution in [0.5, 0.6) is 5.75 Å². The van der Waals surface area contributed by atoms with Crippen molar-refractivity contribution in [1.82, 2.24) is 4.90 Å². The molecule has 124 valence electrons. The third kappa shape index (κ3) is 5.02. The van der Waals surface area contributed by atoms with Crippen molar-refractivity contribution in [2.45, 2.75) is 18.4 Å². The number of benzene rings is 1. The molecule has 0 saturated carbocycles. The third-order valence-electron chi connectivity index (χ3n) is 3.67. The maximum Gasteiger partial charge on any atom is 0.242 e. The molecular formula is C15H22Cl2N2O3. The Kier molecular flexibility index (Phi) is 7.42. The number of nitrogens with zero attached hydrogens (tertiary/aromatic N) is 1. The standard InChI is InChI=1S/C15H21ClN2O3.ClH/c1-18(14(19)15(17)6-9-20-10-7-15)8-11-21-13-4-2-12(16)3-5-13;/h2-5H,6-11,17H2,1H3;1H. The molecule has 2 N–H and O–H groups in total. The van der Waals surface area contributed by atoms with Gasteiger partial charge in [0.05, 0.1) is 12.1 Å². The van der Waals surface area contributed by atoms with Crippen molar-refractivity contribution < 1.29 is 14.3 Å². The van der Waals surface area contributed by atoms with Gasteiger partial charge in [-0.05, 0) is 37.1 Å². The molecule has 0 aromatic heterocycles. The minimum atomic E-state index is -0.798. The predicted molar refractivity (Wildman–Crippen MR) is 88.8 cm³/mol. The first-order chi connectivity index (χ1) is 10.0. The van der Waals surface area contributed by atoms with Gasteiger partial charge in [-0.15, -0.1) is 12.4 Å². The summed E-state index contributed by atoms with van der Waals surface area (Å²) in [6.07, 6.45) is 1.13. The first kappa shape index (κ1) is 19.0. The van der Waals surface area contributed by atoms with E-state index in [-0.39, 0.29) is 18.3 Å². The lowest BCUT2D eigenvalue weighted by atomic mass is 9.90. The third-order valence-corrected chi connectivity index (χ3v) is 3.92. The first-order valence-electron chi connectivity index (χ1n) is 7.02. The van der Waals surface area contributed by atoms with Gasteiger partial charge in [-0.1, -0.05) is 11.6 Å². The number of likely N-dealkylation sites (N-methyl/N-ethyl adjacent to an activating group) is 1. The highest BCUT2D eigenvalue weighted by atomic mass is 35.5. The van der Waals surface area contributed by atoms with Gasteiger partial charge >= 0.3 is 0 Å². The van der Waals surface area contributed by atoms with E-state index in [4.69, 9.17) is 26.8 Å². The molecule has 0 aliphatic carbocycles. The summed E-state index contributed by atoms with van der Waals surface area (Å²) >= 11 is 5.81. The molecule has 0 radical (unpaired) electrons. The molecule has 1 aliphatic rings. The lowest BCUT2D eigenvalue weighted by Crippen LogP contribution is -2.57. The second-order valence-electron chi connectivity index (χ2n) is 5.30. The predicted octanol–water partition coefficient (Wildman–Crippen LogP) is 2.11. The lowest BCUT2D eigenvalue weighted by Gasteiger charge is -2.35. The van der Waals surface area contributed by atoms with Crippen LogP contribution in [0.3, 0.4) is 0 Å². The van der Waals surface area contributed by atoms with Gasteiger partial charge in [0.15, 0.2) is 0 Å². The van der Waals surface area contributed by atoms with Gasteiger partial charge in [-0.25, -0.2) is 0 Å². The van der Waals surface area contributed by atoms with Crippen molar-refractivity contribution >= 4 is 29.9 Å². The number of amides is 1. The van der Waals surface area contributed by atoms with E-state index in [0.717, 1.165) is 5.75 Å². The summed E-state index contributed by atoms with van der Waals surface area (Å²) in [7, 11) is 1.75. The van der Waals surface area contributed by atoms with Crippen molar-refractivity contribution in [3.8, 4) is 5.75 Å². The molecule has 0 spiro atoms. The van der Waals surface area contributed by atoms with Crippen LogP contribution in [0.1, 0.15) is 12.8 Å². The molecule has 1 amide bonds. The number of hydrogen-bond donors (Lipinski definition) is 1. The highest BCUT2D eigenvalue weighted by molar-refractivity contribution is 6.30. The zero-order chi connectivity index (χ0) is 15.3. The highest BCUT2D eigenvalue weighted by Gasteiger charge is 2.37. The van der Waals surface area contributed by atoms with Crippen molar-refractivity contribution in [2.24, 2.45) is 5.73 Å². The van der Waals surface area contributed by atoms with Gasteiger partial charge in [-0.3, -0.25) is 4.79 Å². The van der Waals surface area contributed by atoms with Gasteiger partial charge in [0.25, 0.3) is 0 Å². The van der Waals surface area contributed by atoms with Crippen LogP contribution < -0.4 is 10.5 Å². The van der Waals surface area contributed by atoms with Crippen molar-refractivity contribution in [2.75, 3.05) is 33.4 Å². The fraction of sp³-hybridized carbons (Fsp3) is 0.533. The number of rotatable bonds is 5. The Morgan fingerprint density at radius 1 is 1.36 bits per heavy atom. The van der Waals surface area contributed by atoms with Crippen LogP contribution in [0.25, 0.3) is 0 Å². The monoisotopic (exact) mass is 348 g/mol. The fourth-order valence-corrected chi connectivity index (χ4v) is 2.39. The molecule has 7 heteroatoms. The summed E-state index contributed by atoms with van der Waals surface area (Å²) in [4.78, 5) is 14.0. The topological polar surface area (TPSA) is 64.8 Å². The van der Waals surface area contributed by atoms with Crippen LogP contribution in [0, 0.1) is 0 Å². The molecule has 2 rings (SSSR count). The van der Waals surface area contributed by atoms with E-state index in [1.54, 1.807) is 36.2 Å². The van der Waals surface area contributed by atoms with Crippen molar-refractivity contribution in [1.29, 1.82) is 0 Å². The Morgan fingerprint density at radius 2 is 1.95 bits per heavy atom. The van der Waals surface area contributed by atoms with Gasteiger partial charge in [0.1, 0.15) is 12.4 Å². The van der Waals surface area contributed by atoms with Crippen LogP contribution in [0.4, 0.5) is 0 Å². The number of carbonyl (C=O) groups is 1. The molecule has 1 aromatic carbocycles. The Balaban J connectivity index is 0.00000242. The van der Waals surface area contributed by atoms with Crippen LogP contribution in [-0.4, -0.2) is 49.8 Å². The van der Waals surface area contributed by atoms with Gasteiger partial charge in [0, 0.05) is 25.3 Å². The normalized spacial score (nSPS) is 16.5. The largest absolute Gasteiger partial charge is 0.492 e. The Hall–Kier alpha value is -1.01. The van der Waals surface area contributed by atoms with Crippen LogP contribution >= 0.6 is 24.0 Å². The number of nitrogens with two attached hydrogens (primary N) is 1. The van der Waals surface area contributed by atoms with Crippen LogP contribution in [0.2, 0.25) is 5.02 Å².